The Morgan fingerprint density at radius 3 is 2.19 bits per heavy atom. The summed E-state index contributed by atoms with van der Waals surface area (Å²) in [6.07, 6.45) is 2.04. The number of carbonyl (C=O) groups excluding carboxylic acids is 1. The van der Waals surface area contributed by atoms with Gasteiger partial charge in [-0.05, 0) is 79.3 Å². The number of benzene rings is 3. The third kappa shape index (κ3) is 5.37. The summed E-state index contributed by atoms with van der Waals surface area (Å²) in [5.41, 5.74) is 7.06. The quantitative estimate of drug-likeness (QED) is 0.525. The van der Waals surface area contributed by atoms with Crippen molar-refractivity contribution in [2.24, 2.45) is 0 Å². The predicted octanol–water partition coefficient (Wildman–Crippen LogP) is 5.39. The third-order valence-electron chi connectivity index (χ3n) is 5.70. The van der Waals surface area contributed by atoms with Crippen molar-refractivity contribution >= 4 is 27.3 Å². The van der Waals surface area contributed by atoms with Gasteiger partial charge in [-0.3, -0.25) is 9.10 Å². The van der Waals surface area contributed by atoms with Crippen molar-refractivity contribution < 1.29 is 13.2 Å². The summed E-state index contributed by atoms with van der Waals surface area (Å²) < 4.78 is 26.3. The number of sulfonamides is 1. The van der Waals surface area contributed by atoms with E-state index in [2.05, 4.69) is 12.2 Å². The topological polar surface area (TPSA) is 66.5 Å². The van der Waals surface area contributed by atoms with Gasteiger partial charge in [-0.1, -0.05) is 43.3 Å². The monoisotopic (exact) mass is 450 g/mol. The molecule has 168 valence electrons. The van der Waals surface area contributed by atoms with E-state index in [0.717, 1.165) is 39.9 Å². The molecule has 0 saturated carbocycles. The molecule has 0 fully saturated rings. The number of hydrogen-bond acceptors (Lipinski definition) is 3. The molecule has 3 rings (SSSR count). The molecule has 0 radical (unpaired) electrons. The summed E-state index contributed by atoms with van der Waals surface area (Å²) in [7, 11) is -3.47. The lowest BCUT2D eigenvalue weighted by Gasteiger charge is -2.23. The van der Waals surface area contributed by atoms with Gasteiger partial charge in [-0.2, -0.15) is 0 Å². The first-order valence-electron chi connectivity index (χ1n) is 10.6. The number of amides is 1. The van der Waals surface area contributed by atoms with Crippen LogP contribution in [0.25, 0.3) is 0 Å². The van der Waals surface area contributed by atoms with Gasteiger partial charge in [0.15, 0.2) is 0 Å². The summed E-state index contributed by atoms with van der Waals surface area (Å²) in [6, 6.07) is 18.7. The van der Waals surface area contributed by atoms with E-state index in [1.807, 2.05) is 57.2 Å². The zero-order valence-corrected chi connectivity index (χ0v) is 20.1. The molecule has 0 heterocycles. The minimum atomic E-state index is -3.47. The molecule has 0 bridgehead atoms. The van der Waals surface area contributed by atoms with Crippen LogP contribution in [0.15, 0.2) is 60.7 Å². The number of nitrogens with one attached hydrogen (secondary N) is 1. The van der Waals surface area contributed by atoms with Gasteiger partial charge in [-0.25, -0.2) is 8.42 Å². The Balaban J connectivity index is 1.81. The molecule has 0 aliphatic carbocycles. The standard InChI is InChI=1S/C26H30N2O3S/c1-6-22-9-7-8-19(3)25(22)27-26(29)23-13-11-21(12-14-23)17-28(32(5,30)31)24-15-10-18(2)20(4)16-24/h7-16H,6,17H2,1-5H3,(H,27,29). The van der Waals surface area contributed by atoms with Crippen molar-refractivity contribution in [2.75, 3.05) is 15.9 Å². The molecular formula is C26H30N2O3S. The maximum atomic E-state index is 12.8. The Hall–Kier alpha value is -3.12. The van der Waals surface area contributed by atoms with Gasteiger partial charge in [0.25, 0.3) is 5.91 Å². The number of anilines is 2. The number of rotatable bonds is 7. The van der Waals surface area contributed by atoms with Crippen LogP contribution in [-0.4, -0.2) is 20.6 Å². The highest BCUT2D eigenvalue weighted by Crippen LogP contribution is 2.25. The van der Waals surface area contributed by atoms with Crippen LogP contribution in [-0.2, 0) is 23.0 Å². The molecule has 0 spiro atoms. The highest BCUT2D eigenvalue weighted by atomic mass is 32.2. The number of carbonyl (C=O) groups is 1. The van der Waals surface area contributed by atoms with E-state index < -0.39 is 10.0 Å². The lowest BCUT2D eigenvalue weighted by Crippen LogP contribution is -2.29. The van der Waals surface area contributed by atoms with Crippen LogP contribution in [0.1, 0.15) is 45.1 Å². The zero-order valence-electron chi connectivity index (χ0n) is 19.3. The second-order valence-electron chi connectivity index (χ2n) is 8.15. The van der Waals surface area contributed by atoms with Gasteiger partial charge in [0.1, 0.15) is 0 Å². The van der Waals surface area contributed by atoms with Crippen LogP contribution >= 0.6 is 0 Å². The predicted molar refractivity (Wildman–Crippen MR) is 132 cm³/mol. The Morgan fingerprint density at radius 1 is 0.906 bits per heavy atom. The molecule has 0 atom stereocenters. The molecule has 3 aromatic rings. The largest absolute Gasteiger partial charge is 0.321 e. The zero-order chi connectivity index (χ0) is 23.5. The van der Waals surface area contributed by atoms with Crippen LogP contribution in [0, 0.1) is 20.8 Å². The molecule has 1 N–H and O–H groups in total. The van der Waals surface area contributed by atoms with Crippen LogP contribution in [0.4, 0.5) is 11.4 Å². The van der Waals surface area contributed by atoms with Crippen molar-refractivity contribution in [3.8, 4) is 0 Å². The fourth-order valence-electron chi connectivity index (χ4n) is 3.60. The Morgan fingerprint density at radius 2 is 1.59 bits per heavy atom. The van der Waals surface area contributed by atoms with E-state index in [0.29, 0.717) is 11.3 Å². The van der Waals surface area contributed by atoms with Gasteiger partial charge in [-0.15, -0.1) is 0 Å². The molecule has 0 saturated heterocycles. The van der Waals surface area contributed by atoms with E-state index >= 15 is 0 Å². The lowest BCUT2D eigenvalue weighted by atomic mass is 10.0. The number of aryl methyl sites for hydroxylation is 4. The minimum Gasteiger partial charge on any atom is -0.321 e. The number of para-hydroxylation sites is 1. The van der Waals surface area contributed by atoms with Crippen LogP contribution < -0.4 is 9.62 Å². The van der Waals surface area contributed by atoms with E-state index in [4.69, 9.17) is 0 Å². The molecule has 1 amide bonds. The number of hydrogen-bond donors (Lipinski definition) is 1. The average Bonchev–Trinajstić information content (AvgIpc) is 2.75. The van der Waals surface area contributed by atoms with Crippen LogP contribution in [0.2, 0.25) is 0 Å². The average molecular weight is 451 g/mol. The first-order valence-corrected chi connectivity index (χ1v) is 12.5. The van der Waals surface area contributed by atoms with Gasteiger partial charge in [0, 0.05) is 11.3 Å². The second kappa shape index (κ2) is 9.57. The van der Waals surface area contributed by atoms with Gasteiger partial charge >= 0.3 is 0 Å². The van der Waals surface area contributed by atoms with Gasteiger partial charge in [0.2, 0.25) is 10.0 Å². The Labute approximate surface area is 191 Å². The third-order valence-corrected chi connectivity index (χ3v) is 6.84. The molecule has 0 unspecified atom stereocenters. The SMILES string of the molecule is CCc1cccc(C)c1NC(=O)c1ccc(CN(c2ccc(C)c(C)c2)S(C)(=O)=O)cc1. The van der Waals surface area contributed by atoms with Crippen LogP contribution in [0.5, 0.6) is 0 Å². The summed E-state index contributed by atoms with van der Waals surface area (Å²) >= 11 is 0. The molecule has 0 aromatic heterocycles. The Bertz CT molecular complexity index is 1230. The molecule has 6 heteroatoms. The van der Waals surface area contributed by atoms with Crippen molar-refractivity contribution in [3.05, 3.63) is 94.0 Å². The van der Waals surface area contributed by atoms with Crippen molar-refractivity contribution in [3.63, 3.8) is 0 Å². The minimum absolute atomic E-state index is 0.185. The van der Waals surface area contributed by atoms with Crippen molar-refractivity contribution in [2.45, 2.75) is 40.7 Å². The summed E-state index contributed by atoms with van der Waals surface area (Å²) in [5.74, 6) is -0.185. The summed E-state index contributed by atoms with van der Waals surface area (Å²) in [6.45, 7) is 8.19. The number of nitrogens with zero attached hydrogens (tertiary/aromatic N) is 1. The molecular weight excluding hydrogens is 420 g/mol. The fraction of sp³-hybridized carbons (Fsp3) is 0.269. The van der Waals surface area contributed by atoms with Crippen molar-refractivity contribution in [1.29, 1.82) is 0 Å². The van der Waals surface area contributed by atoms with Gasteiger partial charge in [0.05, 0.1) is 18.5 Å². The molecule has 0 aliphatic heterocycles. The normalized spacial score (nSPS) is 11.3. The lowest BCUT2D eigenvalue weighted by molar-refractivity contribution is 0.102. The molecule has 3 aromatic carbocycles. The highest BCUT2D eigenvalue weighted by Gasteiger charge is 2.19. The van der Waals surface area contributed by atoms with E-state index in [-0.39, 0.29) is 12.5 Å². The highest BCUT2D eigenvalue weighted by molar-refractivity contribution is 7.92. The maximum absolute atomic E-state index is 12.8. The molecule has 5 nitrogen and oxygen atoms in total. The summed E-state index contributed by atoms with van der Waals surface area (Å²) in [5, 5.41) is 3.02. The second-order valence-corrected chi connectivity index (χ2v) is 10.1. The van der Waals surface area contributed by atoms with Gasteiger partial charge < -0.3 is 5.32 Å². The molecule has 0 aliphatic rings. The first kappa shape index (κ1) is 23.5. The first-order chi connectivity index (χ1) is 15.1. The van der Waals surface area contributed by atoms with Crippen molar-refractivity contribution in [1.82, 2.24) is 0 Å². The molecule has 32 heavy (non-hydrogen) atoms. The van der Waals surface area contributed by atoms with E-state index in [9.17, 15) is 13.2 Å². The summed E-state index contributed by atoms with van der Waals surface area (Å²) in [4.78, 5) is 12.8. The van der Waals surface area contributed by atoms with Crippen LogP contribution in [0.3, 0.4) is 0 Å². The smallest absolute Gasteiger partial charge is 0.255 e. The Kier molecular flexibility index (Phi) is 7.04. The van der Waals surface area contributed by atoms with E-state index in [1.165, 1.54) is 10.6 Å². The van der Waals surface area contributed by atoms with E-state index in [1.54, 1.807) is 24.3 Å². The maximum Gasteiger partial charge on any atom is 0.255 e. The fourth-order valence-corrected chi connectivity index (χ4v) is 4.48.